The van der Waals surface area contributed by atoms with Crippen molar-refractivity contribution in [1.29, 1.82) is 0 Å². The third kappa shape index (κ3) is 1.47. The van der Waals surface area contributed by atoms with Crippen molar-refractivity contribution in [3.63, 3.8) is 0 Å². The Kier molecular flexibility index (Phi) is 2.21. The van der Waals surface area contributed by atoms with E-state index in [1.807, 2.05) is 0 Å². The summed E-state index contributed by atoms with van der Waals surface area (Å²) in [5.41, 5.74) is 0. The van der Waals surface area contributed by atoms with Crippen LogP contribution in [0.4, 0.5) is 0 Å². The first-order chi connectivity index (χ1) is 7.25. The second-order valence-corrected chi connectivity index (χ2v) is 4.93. The molecule has 3 rings (SSSR count). The Morgan fingerprint density at radius 2 is 1.87 bits per heavy atom. The molecule has 15 heavy (non-hydrogen) atoms. The number of esters is 1. The molecule has 3 aliphatic rings. The Morgan fingerprint density at radius 3 is 2.40 bits per heavy atom. The molecule has 4 heteroatoms. The van der Waals surface area contributed by atoms with Crippen molar-refractivity contribution in [2.45, 2.75) is 56.3 Å². The van der Waals surface area contributed by atoms with E-state index in [-0.39, 0.29) is 18.1 Å². The minimum Gasteiger partial charge on any atom is -0.464 e. The quantitative estimate of drug-likeness (QED) is 0.633. The predicted octanol–water partition coefficient (Wildman–Crippen LogP) is 0.290. The molecule has 0 saturated carbocycles. The van der Waals surface area contributed by atoms with Crippen LogP contribution in [0.25, 0.3) is 0 Å². The van der Waals surface area contributed by atoms with Gasteiger partial charge in [0, 0.05) is 18.5 Å². The van der Waals surface area contributed by atoms with Crippen molar-refractivity contribution in [1.82, 2.24) is 4.90 Å². The van der Waals surface area contributed by atoms with Crippen LogP contribution in [0.2, 0.25) is 0 Å². The van der Waals surface area contributed by atoms with Gasteiger partial charge in [-0.1, -0.05) is 0 Å². The lowest BCUT2D eigenvalue weighted by Crippen LogP contribution is -2.51. The number of carbonyl (C=O) groups excluding carboxylic acids is 1. The highest BCUT2D eigenvalue weighted by molar-refractivity contribution is 5.77. The van der Waals surface area contributed by atoms with E-state index in [0.29, 0.717) is 18.7 Å². The molecule has 0 aromatic rings. The third-order valence-electron chi connectivity index (χ3n) is 4.03. The maximum absolute atomic E-state index is 11.5. The van der Waals surface area contributed by atoms with Gasteiger partial charge in [-0.3, -0.25) is 9.69 Å². The minimum absolute atomic E-state index is 0.0185. The molecule has 3 unspecified atom stereocenters. The number of ether oxygens (including phenoxy) is 1. The molecule has 0 radical (unpaired) electrons. The van der Waals surface area contributed by atoms with Crippen molar-refractivity contribution in [2.24, 2.45) is 0 Å². The molecule has 0 amide bonds. The summed E-state index contributed by atoms with van der Waals surface area (Å²) in [5.74, 6) is -0.0525. The second kappa shape index (κ2) is 3.46. The molecular formula is C11H17NO3. The average Bonchev–Trinajstić information content (AvgIpc) is 2.69. The van der Waals surface area contributed by atoms with Crippen LogP contribution in [0.3, 0.4) is 0 Å². The van der Waals surface area contributed by atoms with Gasteiger partial charge in [-0.2, -0.15) is 0 Å². The summed E-state index contributed by atoms with van der Waals surface area (Å²) in [6, 6.07) is 0.804. The number of hydrogen-bond donors (Lipinski definition) is 1. The summed E-state index contributed by atoms with van der Waals surface area (Å²) in [6.45, 7) is 0.571. The van der Waals surface area contributed by atoms with Crippen LogP contribution >= 0.6 is 0 Å². The van der Waals surface area contributed by atoms with E-state index < -0.39 is 0 Å². The molecule has 3 atom stereocenters. The number of aliphatic hydroxyl groups is 1. The molecule has 3 heterocycles. The second-order valence-electron chi connectivity index (χ2n) is 4.93. The lowest BCUT2D eigenvalue weighted by atomic mass is 9.97. The first kappa shape index (κ1) is 9.60. The smallest absolute Gasteiger partial charge is 0.323 e. The Balaban J connectivity index is 1.79. The van der Waals surface area contributed by atoms with Gasteiger partial charge in [-0.05, 0) is 25.7 Å². The fourth-order valence-corrected chi connectivity index (χ4v) is 3.45. The van der Waals surface area contributed by atoms with Crippen LogP contribution in [-0.2, 0) is 9.53 Å². The van der Waals surface area contributed by atoms with Gasteiger partial charge in [-0.25, -0.2) is 0 Å². The molecule has 2 bridgehead atoms. The molecule has 4 nitrogen and oxygen atoms in total. The van der Waals surface area contributed by atoms with Crippen molar-refractivity contribution < 1.29 is 14.6 Å². The van der Waals surface area contributed by atoms with Gasteiger partial charge in [0.15, 0.2) is 0 Å². The van der Waals surface area contributed by atoms with Crippen LogP contribution < -0.4 is 0 Å². The average molecular weight is 211 g/mol. The van der Waals surface area contributed by atoms with Crippen molar-refractivity contribution in [3.05, 3.63) is 0 Å². The largest absolute Gasteiger partial charge is 0.464 e. The standard InChI is InChI=1S/C11H17NO3/c13-9-5-7-1-2-8(6-9)12(7)10-3-4-15-11(10)14/h7-10,13H,1-6H2. The zero-order valence-electron chi connectivity index (χ0n) is 8.76. The first-order valence-corrected chi connectivity index (χ1v) is 5.88. The Morgan fingerprint density at radius 1 is 1.20 bits per heavy atom. The number of cyclic esters (lactones) is 1. The van der Waals surface area contributed by atoms with Crippen LogP contribution in [0.5, 0.6) is 0 Å². The van der Waals surface area contributed by atoms with Gasteiger partial charge in [0.05, 0.1) is 12.7 Å². The fourth-order valence-electron chi connectivity index (χ4n) is 3.45. The molecule has 1 N–H and O–H groups in total. The highest BCUT2D eigenvalue weighted by Crippen LogP contribution is 2.38. The normalized spacial score (nSPS) is 45.8. The monoisotopic (exact) mass is 211 g/mol. The van der Waals surface area contributed by atoms with E-state index in [0.717, 1.165) is 32.1 Å². The number of hydrogen-bond acceptors (Lipinski definition) is 4. The SMILES string of the molecule is O=C1OCCC1N1C2CCC1CC(O)C2. The topological polar surface area (TPSA) is 49.8 Å². The molecule has 0 aromatic heterocycles. The zero-order valence-corrected chi connectivity index (χ0v) is 8.76. The molecule has 3 aliphatic heterocycles. The Hall–Kier alpha value is -0.610. The number of fused-ring (bicyclic) bond motifs is 2. The maximum Gasteiger partial charge on any atom is 0.323 e. The van der Waals surface area contributed by atoms with Gasteiger partial charge < -0.3 is 9.84 Å². The summed E-state index contributed by atoms with van der Waals surface area (Å²) >= 11 is 0. The predicted molar refractivity (Wildman–Crippen MR) is 53.3 cm³/mol. The van der Waals surface area contributed by atoms with Gasteiger partial charge in [-0.15, -0.1) is 0 Å². The number of piperidine rings is 1. The number of aliphatic hydroxyl groups excluding tert-OH is 1. The van der Waals surface area contributed by atoms with E-state index in [1.165, 1.54) is 0 Å². The summed E-state index contributed by atoms with van der Waals surface area (Å²) < 4.78 is 5.03. The highest BCUT2D eigenvalue weighted by Gasteiger charge is 2.47. The fraction of sp³-hybridized carbons (Fsp3) is 0.909. The molecule has 0 aromatic carbocycles. The first-order valence-electron chi connectivity index (χ1n) is 5.88. The highest BCUT2D eigenvalue weighted by atomic mass is 16.5. The number of carbonyl (C=O) groups is 1. The van der Waals surface area contributed by atoms with Crippen LogP contribution in [0.15, 0.2) is 0 Å². The van der Waals surface area contributed by atoms with Crippen LogP contribution in [0.1, 0.15) is 32.1 Å². The molecular weight excluding hydrogens is 194 g/mol. The maximum atomic E-state index is 11.5. The van der Waals surface area contributed by atoms with E-state index in [2.05, 4.69) is 4.90 Å². The summed E-state index contributed by atoms with van der Waals surface area (Å²) in [4.78, 5) is 13.9. The molecule has 84 valence electrons. The molecule has 0 spiro atoms. The summed E-state index contributed by atoms with van der Waals surface area (Å²) in [6.07, 6.45) is 4.61. The minimum atomic E-state index is -0.156. The van der Waals surface area contributed by atoms with Crippen molar-refractivity contribution in [3.8, 4) is 0 Å². The van der Waals surface area contributed by atoms with E-state index >= 15 is 0 Å². The van der Waals surface area contributed by atoms with E-state index in [9.17, 15) is 9.90 Å². The van der Waals surface area contributed by atoms with Crippen molar-refractivity contribution in [2.75, 3.05) is 6.61 Å². The Labute approximate surface area is 89.2 Å². The van der Waals surface area contributed by atoms with Crippen LogP contribution in [-0.4, -0.2) is 46.8 Å². The lowest BCUT2D eigenvalue weighted by Gasteiger charge is -2.39. The van der Waals surface area contributed by atoms with Crippen molar-refractivity contribution >= 4 is 5.97 Å². The third-order valence-corrected chi connectivity index (χ3v) is 4.03. The summed E-state index contributed by atoms with van der Waals surface area (Å²) in [5, 5.41) is 9.67. The molecule has 3 saturated heterocycles. The summed E-state index contributed by atoms with van der Waals surface area (Å²) in [7, 11) is 0. The van der Waals surface area contributed by atoms with Crippen LogP contribution in [0, 0.1) is 0 Å². The molecule has 3 fully saturated rings. The lowest BCUT2D eigenvalue weighted by molar-refractivity contribution is -0.144. The molecule has 0 aliphatic carbocycles. The van der Waals surface area contributed by atoms with Gasteiger partial charge in [0.1, 0.15) is 6.04 Å². The number of nitrogens with zero attached hydrogens (tertiary/aromatic N) is 1. The van der Waals surface area contributed by atoms with Gasteiger partial charge >= 0.3 is 5.97 Å². The zero-order chi connectivity index (χ0) is 10.4. The van der Waals surface area contributed by atoms with E-state index in [4.69, 9.17) is 4.74 Å². The van der Waals surface area contributed by atoms with Gasteiger partial charge in [0.2, 0.25) is 0 Å². The Bertz CT molecular complexity index is 267. The van der Waals surface area contributed by atoms with Gasteiger partial charge in [0.25, 0.3) is 0 Å². The number of rotatable bonds is 1. The van der Waals surface area contributed by atoms with E-state index in [1.54, 1.807) is 0 Å².